The number of pyridine rings is 1. The van der Waals surface area contributed by atoms with Gasteiger partial charge in [0.1, 0.15) is 5.01 Å². The van der Waals surface area contributed by atoms with Crippen LogP contribution in [-0.4, -0.2) is 16.3 Å². The van der Waals surface area contributed by atoms with Gasteiger partial charge in [0.15, 0.2) is 11.5 Å². The third kappa shape index (κ3) is 2.50. The maximum Gasteiger partial charge on any atom is 0.586 e. The normalized spacial score (nSPS) is 15.5. The molecule has 2 aromatic heterocycles. The monoisotopic (exact) mass is 334 g/mol. The Kier molecular flexibility index (Phi) is 3.02. The van der Waals surface area contributed by atoms with Crippen LogP contribution in [0.5, 0.6) is 11.5 Å². The summed E-state index contributed by atoms with van der Waals surface area (Å²) in [6, 6.07) is 6.61. The Labute approximate surface area is 134 Å². The number of alkyl halides is 2. The average molecular weight is 334 g/mol. The fourth-order valence-corrected chi connectivity index (χ4v) is 3.31. The summed E-state index contributed by atoms with van der Waals surface area (Å²) in [5.41, 5.74) is 2.28. The SMILES string of the molecule is CC(C)c1csc(-c2ccc3cc4c(cc3n2)OC(F)(F)O4)n1. The van der Waals surface area contributed by atoms with Crippen LogP contribution in [0, 0.1) is 0 Å². The highest BCUT2D eigenvalue weighted by atomic mass is 32.1. The number of nitrogens with zero attached hydrogens (tertiary/aromatic N) is 2. The van der Waals surface area contributed by atoms with E-state index in [1.807, 2.05) is 17.5 Å². The number of ether oxygens (including phenoxy) is 2. The van der Waals surface area contributed by atoms with Gasteiger partial charge in [-0.2, -0.15) is 0 Å². The lowest BCUT2D eigenvalue weighted by Gasteiger charge is -2.04. The summed E-state index contributed by atoms with van der Waals surface area (Å²) in [4.78, 5) is 9.07. The molecule has 3 aromatic rings. The van der Waals surface area contributed by atoms with Crippen molar-refractivity contribution in [2.24, 2.45) is 0 Å². The summed E-state index contributed by atoms with van der Waals surface area (Å²) in [6.45, 7) is 4.15. The first-order chi connectivity index (χ1) is 10.9. The molecule has 0 N–H and O–H groups in total. The molecule has 118 valence electrons. The third-order valence-corrected chi connectivity index (χ3v) is 4.43. The quantitative estimate of drug-likeness (QED) is 0.675. The fraction of sp³-hybridized carbons (Fsp3) is 0.250. The van der Waals surface area contributed by atoms with Gasteiger partial charge in [0, 0.05) is 16.8 Å². The van der Waals surface area contributed by atoms with E-state index in [0.717, 1.165) is 10.7 Å². The highest BCUT2D eigenvalue weighted by molar-refractivity contribution is 7.13. The summed E-state index contributed by atoms with van der Waals surface area (Å²) in [5.74, 6) is 0.360. The van der Waals surface area contributed by atoms with E-state index in [-0.39, 0.29) is 11.5 Å². The molecule has 0 unspecified atom stereocenters. The van der Waals surface area contributed by atoms with E-state index in [0.29, 0.717) is 22.5 Å². The van der Waals surface area contributed by atoms with Crippen molar-refractivity contribution in [2.75, 3.05) is 0 Å². The second kappa shape index (κ2) is 4.86. The number of thiazole rings is 1. The van der Waals surface area contributed by atoms with Crippen LogP contribution in [0.25, 0.3) is 21.6 Å². The molecule has 3 heterocycles. The summed E-state index contributed by atoms with van der Waals surface area (Å²) >= 11 is 1.52. The first kappa shape index (κ1) is 14.3. The molecule has 0 atom stereocenters. The Hall–Kier alpha value is -2.28. The minimum atomic E-state index is -3.62. The Balaban J connectivity index is 1.78. The van der Waals surface area contributed by atoms with Crippen LogP contribution in [-0.2, 0) is 0 Å². The van der Waals surface area contributed by atoms with Gasteiger partial charge in [-0.25, -0.2) is 9.97 Å². The fourth-order valence-electron chi connectivity index (χ4n) is 2.36. The summed E-state index contributed by atoms with van der Waals surface area (Å²) in [5, 5.41) is 3.51. The van der Waals surface area contributed by atoms with E-state index in [4.69, 9.17) is 0 Å². The van der Waals surface area contributed by atoms with E-state index in [2.05, 4.69) is 33.3 Å². The zero-order valence-electron chi connectivity index (χ0n) is 12.3. The van der Waals surface area contributed by atoms with Gasteiger partial charge in [0.05, 0.1) is 16.9 Å². The molecule has 0 saturated carbocycles. The van der Waals surface area contributed by atoms with Crippen LogP contribution in [0.2, 0.25) is 0 Å². The molecule has 1 aliphatic heterocycles. The molecule has 0 spiro atoms. The number of benzene rings is 1. The van der Waals surface area contributed by atoms with Crippen molar-refractivity contribution in [3.05, 3.63) is 35.3 Å². The number of halogens is 2. The minimum absolute atomic E-state index is 0.00541. The molecule has 4 nitrogen and oxygen atoms in total. The van der Waals surface area contributed by atoms with Gasteiger partial charge >= 0.3 is 6.29 Å². The third-order valence-electron chi connectivity index (χ3n) is 3.54. The highest BCUT2D eigenvalue weighted by Gasteiger charge is 2.43. The Bertz CT molecular complexity index is 908. The Morgan fingerprint density at radius 2 is 1.83 bits per heavy atom. The standard InChI is InChI=1S/C16H12F2N2O2S/c1-8(2)12-7-23-15(20-12)10-4-3-9-5-13-14(6-11(9)19-10)22-16(17,18)21-13/h3-8H,1-2H3. The number of hydrogen-bond donors (Lipinski definition) is 0. The molecular formula is C16H12F2N2O2S. The number of hydrogen-bond acceptors (Lipinski definition) is 5. The van der Waals surface area contributed by atoms with Crippen LogP contribution < -0.4 is 9.47 Å². The number of rotatable bonds is 2. The lowest BCUT2D eigenvalue weighted by atomic mass is 10.1. The first-order valence-corrected chi connectivity index (χ1v) is 7.96. The molecular weight excluding hydrogens is 322 g/mol. The van der Waals surface area contributed by atoms with Crippen molar-refractivity contribution in [1.29, 1.82) is 0 Å². The maximum atomic E-state index is 13.1. The van der Waals surface area contributed by atoms with Gasteiger partial charge in [0.25, 0.3) is 0 Å². The van der Waals surface area contributed by atoms with E-state index >= 15 is 0 Å². The van der Waals surface area contributed by atoms with E-state index in [9.17, 15) is 8.78 Å². The second-order valence-electron chi connectivity index (χ2n) is 5.59. The van der Waals surface area contributed by atoms with Crippen LogP contribution in [0.1, 0.15) is 25.5 Å². The first-order valence-electron chi connectivity index (χ1n) is 7.08. The zero-order valence-corrected chi connectivity index (χ0v) is 13.2. The van der Waals surface area contributed by atoms with Crippen LogP contribution >= 0.6 is 11.3 Å². The molecule has 1 aromatic carbocycles. The van der Waals surface area contributed by atoms with E-state index in [1.165, 1.54) is 23.5 Å². The topological polar surface area (TPSA) is 44.2 Å². The predicted molar refractivity (Wildman–Crippen MR) is 83.1 cm³/mol. The van der Waals surface area contributed by atoms with Crippen LogP contribution in [0.15, 0.2) is 29.6 Å². The maximum absolute atomic E-state index is 13.1. The van der Waals surface area contributed by atoms with Crippen LogP contribution in [0.3, 0.4) is 0 Å². The van der Waals surface area contributed by atoms with Crippen molar-refractivity contribution in [3.63, 3.8) is 0 Å². The molecule has 0 saturated heterocycles. The van der Waals surface area contributed by atoms with Crippen molar-refractivity contribution in [2.45, 2.75) is 26.1 Å². The summed E-state index contributed by atoms with van der Waals surface area (Å²) in [6.07, 6.45) is -3.62. The van der Waals surface area contributed by atoms with Gasteiger partial charge < -0.3 is 9.47 Å². The largest absolute Gasteiger partial charge is 0.586 e. The van der Waals surface area contributed by atoms with E-state index < -0.39 is 6.29 Å². The van der Waals surface area contributed by atoms with Gasteiger partial charge in [-0.05, 0) is 18.1 Å². The second-order valence-corrected chi connectivity index (χ2v) is 6.45. The predicted octanol–water partition coefficient (Wildman–Crippen LogP) is 4.80. The van der Waals surface area contributed by atoms with Gasteiger partial charge in [0.2, 0.25) is 0 Å². The molecule has 0 amide bonds. The van der Waals surface area contributed by atoms with Crippen molar-refractivity contribution < 1.29 is 18.3 Å². The minimum Gasteiger partial charge on any atom is -0.395 e. The van der Waals surface area contributed by atoms with Gasteiger partial charge in [-0.15, -0.1) is 20.1 Å². The Morgan fingerprint density at radius 3 is 2.52 bits per heavy atom. The molecule has 0 radical (unpaired) electrons. The summed E-state index contributed by atoms with van der Waals surface area (Å²) < 4.78 is 35.2. The van der Waals surface area contributed by atoms with Gasteiger partial charge in [-0.1, -0.05) is 19.9 Å². The molecule has 0 aliphatic carbocycles. The molecule has 23 heavy (non-hydrogen) atoms. The number of fused-ring (bicyclic) bond motifs is 2. The molecule has 4 rings (SSSR count). The molecule has 1 aliphatic rings. The van der Waals surface area contributed by atoms with Crippen molar-refractivity contribution in [3.8, 4) is 22.2 Å². The average Bonchev–Trinajstić information content (AvgIpc) is 3.06. The molecule has 0 fully saturated rings. The lowest BCUT2D eigenvalue weighted by Crippen LogP contribution is -2.25. The van der Waals surface area contributed by atoms with Gasteiger partial charge in [-0.3, -0.25) is 0 Å². The Morgan fingerprint density at radius 1 is 1.09 bits per heavy atom. The smallest absolute Gasteiger partial charge is 0.395 e. The summed E-state index contributed by atoms with van der Waals surface area (Å²) in [7, 11) is 0. The highest BCUT2D eigenvalue weighted by Crippen LogP contribution is 2.43. The van der Waals surface area contributed by atoms with E-state index in [1.54, 1.807) is 0 Å². The zero-order chi connectivity index (χ0) is 16.2. The molecule has 0 bridgehead atoms. The van der Waals surface area contributed by atoms with Crippen LogP contribution in [0.4, 0.5) is 8.78 Å². The van der Waals surface area contributed by atoms with Crippen molar-refractivity contribution in [1.82, 2.24) is 9.97 Å². The lowest BCUT2D eigenvalue weighted by molar-refractivity contribution is -0.286. The number of aromatic nitrogens is 2. The van der Waals surface area contributed by atoms with Crippen molar-refractivity contribution >= 4 is 22.2 Å². The molecule has 7 heteroatoms.